The summed E-state index contributed by atoms with van der Waals surface area (Å²) in [6, 6.07) is 16.8. The van der Waals surface area contributed by atoms with Gasteiger partial charge in [0.05, 0.1) is 24.1 Å². The monoisotopic (exact) mass is 483 g/mol. The number of sulfonamides is 1. The van der Waals surface area contributed by atoms with Crippen LogP contribution in [0.4, 0.5) is 5.69 Å². The Morgan fingerprint density at radius 2 is 2.00 bits per heavy atom. The van der Waals surface area contributed by atoms with Gasteiger partial charge in [0.25, 0.3) is 10.0 Å². The standard InChI is InChI=1S/C23H25N5O5S/c1-32-23-19-9-8-18(14-20(19)26-27-23)33-12-11-24-15-21(29)16-5-4-6-17(13-16)28-34(30,31)22-7-2-3-10-25-22/h2-10,13-14,21,24,28-29H,11-12,15H2,1H3,(H,26,27). The highest BCUT2D eigenvalue weighted by molar-refractivity contribution is 7.92. The quantitative estimate of drug-likeness (QED) is 0.239. The molecular weight excluding hydrogens is 458 g/mol. The van der Waals surface area contributed by atoms with Crippen LogP contribution in [0.2, 0.25) is 0 Å². The summed E-state index contributed by atoms with van der Waals surface area (Å²) in [6.07, 6.45) is 0.588. The first-order valence-corrected chi connectivity index (χ1v) is 12.0. The van der Waals surface area contributed by atoms with Gasteiger partial charge in [-0.25, -0.2) is 4.98 Å². The minimum atomic E-state index is -3.81. The molecule has 0 amide bonds. The van der Waals surface area contributed by atoms with Crippen molar-refractivity contribution in [1.82, 2.24) is 20.5 Å². The van der Waals surface area contributed by atoms with Gasteiger partial charge in [-0.2, -0.15) is 8.42 Å². The van der Waals surface area contributed by atoms with E-state index in [0.29, 0.717) is 36.0 Å². The molecule has 10 nitrogen and oxygen atoms in total. The lowest BCUT2D eigenvalue weighted by atomic mass is 10.1. The maximum absolute atomic E-state index is 12.5. The topological polar surface area (TPSA) is 138 Å². The van der Waals surface area contributed by atoms with Crippen molar-refractivity contribution >= 4 is 26.6 Å². The minimum absolute atomic E-state index is 0.0755. The van der Waals surface area contributed by atoms with E-state index >= 15 is 0 Å². The Balaban J connectivity index is 1.26. The third-order valence-corrected chi connectivity index (χ3v) is 6.31. The number of anilines is 1. The van der Waals surface area contributed by atoms with Crippen molar-refractivity contribution in [3.05, 3.63) is 72.4 Å². The summed E-state index contributed by atoms with van der Waals surface area (Å²) in [5, 5.41) is 21.4. The molecule has 0 fully saturated rings. The number of hydrogen-bond donors (Lipinski definition) is 4. The lowest BCUT2D eigenvalue weighted by molar-refractivity contribution is 0.172. The van der Waals surface area contributed by atoms with Crippen molar-refractivity contribution in [2.45, 2.75) is 11.1 Å². The molecule has 4 aromatic rings. The van der Waals surface area contributed by atoms with E-state index in [-0.39, 0.29) is 11.6 Å². The average Bonchev–Trinajstić information content (AvgIpc) is 3.26. The number of ether oxygens (including phenoxy) is 2. The summed E-state index contributed by atoms with van der Waals surface area (Å²) in [5.74, 6) is 1.22. The molecule has 0 saturated heterocycles. The van der Waals surface area contributed by atoms with Gasteiger partial charge in [0.1, 0.15) is 12.4 Å². The van der Waals surface area contributed by atoms with Gasteiger partial charge < -0.3 is 19.9 Å². The Morgan fingerprint density at radius 1 is 1.12 bits per heavy atom. The molecule has 0 saturated carbocycles. The van der Waals surface area contributed by atoms with Crippen LogP contribution in [0.15, 0.2) is 71.9 Å². The molecule has 1 unspecified atom stereocenters. The van der Waals surface area contributed by atoms with Crippen molar-refractivity contribution in [2.75, 3.05) is 31.5 Å². The summed E-state index contributed by atoms with van der Waals surface area (Å²) < 4.78 is 38.3. The Labute approximate surface area is 197 Å². The zero-order chi connectivity index (χ0) is 24.0. The van der Waals surface area contributed by atoms with Crippen molar-refractivity contribution in [3.63, 3.8) is 0 Å². The van der Waals surface area contributed by atoms with Crippen LogP contribution in [0.3, 0.4) is 0 Å². The van der Waals surface area contributed by atoms with Crippen molar-refractivity contribution in [2.24, 2.45) is 0 Å². The lowest BCUT2D eigenvalue weighted by Gasteiger charge is -2.14. The molecule has 0 aliphatic carbocycles. The van der Waals surface area contributed by atoms with Crippen LogP contribution in [-0.4, -0.2) is 55.5 Å². The summed E-state index contributed by atoms with van der Waals surface area (Å²) in [6.45, 7) is 1.18. The number of nitrogens with one attached hydrogen (secondary N) is 3. The molecule has 2 heterocycles. The smallest absolute Gasteiger partial charge is 0.279 e. The largest absolute Gasteiger partial charge is 0.492 e. The SMILES string of the molecule is COc1n[nH]c2cc(OCCNCC(O)c3cccc(NS(=O)(=O)c4ccccn4)c3)ccc12. The molecule has 0 spiro atoms. The fraction of sp³-hybridized carbons (Fsp3) is 0.217. The van der Waals surface area contributed by atoms with E-state index in [2.05, 4.69) is 25.2 Å². The van der Waals surface area contributed by atoms with Gasteiger partial charge in [0.2, 0.25) is 5.88 Å². The van der Waals surface area contributed by atoms with Crippen LogP contribution in [0.1, 0.15) is 11.7 Å². The lowest BCUT2D eigenvalue weighted by Crippen LogP contribution is -2.26. The summed E-state index contributed by atoms with van der Waals surface area (Å²) >= 11 is 0. The average molecular weight is 484 g/mol. The van der Waals surface area contributed by atoms with Crippen LogP contribution in [0.25, 0.3) is 10.9 Å². The van der Waals surface area contributed by atoms with E-state index in [0.717, 1.165) is 10.9 Å². The molecule has 2 aromatic carbocycles. The van der Waals surface area contributed by atoms with Gasteiger partial charge in [-0.1, -0.05) is 18.2 Å². The second-order valence-corrected chi connectivity index (χ2v) is 9.04. The summed E-state index contributed by atoms with van der Waals surface area (Å²) in [7, 11) is -2.24. The van der Waals surface area contributed by atoms with Crippen LogP contribution < -0.4 is 19.5 Å². The van der Waals surface area contributed by atoms with E-state index in [4.69, 9.17) is 9.47 Å². The number of aliphatic hydroxyl groups excluding tert-OH is 1. The number of fused-ring (bicyclic) bond motifs is 1. The second-order valence-electron chi connectivity index (χ2n) is 7.41. The van der Waals surface area contributed by atoms with Gasteiger partial charge in [0, 0.05) is 31.0 Å². The number of benzene rings is 2. The Kier molecular flexibility index (Phi) is 7.26. The Bertz CT molecular complexity index is 1340. The number of hydrogen-bond acceptors (Lipinski definition) is 8. The third-order valence-electron chi connectivity index (χ3n) is 5.01. The maximum Gasteiger partial charge on any atom is 0.279 e. The highest BCUT2D eigenvalue weighted by Gasteiger charge is 2.16. The van der Waals surface area contributed by atoms with Crippen molar-refractivity contribution in [1.29, 1.82) is 0 Å². The van der Waals surface area contributed by atoms with Crippen LogP contribution in [0, 0.1) is 0 Å². The first kappa shape index (κ1) is 23.5. The zero-order valence-electron chi connectivity index (χ0n) is 18.4. The highest BCUT2D eigenvalue weighted by Crippen LogP contribution is 2.26. The van der Waals surface area contributed by atoms with Crippen LogP contribution >= 0.6 is 0 Å². The molecule has 0 bridgehead atoms. The van der Waals surface area contributed by atoms with Crippen LogP contribution in [0.5, 0.6) is 11.6 Å². The van der Waals surface area contributed by atoms with Gasteiger partial charge in [0.15, 0.2) is 5.03 Å². The second kappa shape index (κ2) is 10.5. The molecule has 34 heavy (non-hydrogen) atoms. The first-order chi connectivity index (χ1) is 16.5. The molecule has 1 atom stereocenters. The number of H-pyrrole nitrogens is 1. The summed E-state index contributed by atoms with van der Waals surface area (Å²) in [4.78, 5) is 3.87. The van der Waals surface area contributed by atoms with E-state index in [1.165, 1.54) is 12.3 Å². The molecule has 0 radical (unpaired) electrons. The molecule has 0 aliphatic heterocycles. The molecule has 178 valence electrons. The van der Waals surface area contributed by atoms with Gasteiger partial charge in [-0.3, -0.25) is 9.82 Å². The zero-order valence-corrected chi connectivity index (χ0v) is 19.2. The van der Waals surface area contributed by atoms with E-state index in [9.17, 15) is 13.5 Å². The fourth-order valence-electron chi connectivity index (χ4n) is 3.34. The van der Waals surface area contributed by atoms with Gasteiger partial charge in [-0.15, -0.1) is 5.10 Å². The highest BCUT2D eigenvalue weighted by atomic mass is 32.2. The Hall–Kier alpha value is -3.67. The number of aliphatic hydroxyl groups is 1. The maximum atomic E-state index is 12.5. The molecule has 0 aliphatic rings. The molecule has 4 N–H and O–H groups in total. The predicted octanol–water partition coefficient (Wildman–Crippen LogP) is 2.47. The Morgan fingerprint density at radius 3 is 2.79 bits per heavy atom. The molecule has 11 heteroatoms. The number of methoxy groups -OCH3 is 1. The summed E-state index contributed by atoms with van der Waals surface area (Å²) in [5.41, 5.74) is 1.74. The number of pyridine rings is 1. The third kappa shape index (κ3) is 5.63. The van der Waals surface area contributed by atoms with Crippen molar-refractivity contribution in [3.8, 4) is 11.6 Å². The van der Waals surface area contributed by atoms with Crippen LogP contribution in [-0.2, 0) is 10.0 Å². The van der Waals surface area contributed by atoms with Gasteiger partial charge in [-0.05, 0) is 42.0 Å². The minimum Gasteiger partial charge on any atom is -0.492 e. The fourth-order valence-corrected chi connectivity index (χ4v) is 4.34. The predicted molar refractivity (Wildman–Crippen MR) is 127 cm³/mol. The van der Waals surface area contributed by atoms with Crippen molar-refractivity contribution < 1.29 is 23.0 Å². The number of nitrogens with zero attached hydrogens (tertiary/aromatic N) is 2. The van der Waals surface area contributed by atoms with E-state index in [1.54, 1.807) is 43.5 Å². The van der Waals surface area contributed by atoms with Gasteiger partial charge >= 0.3 is 0 Å². The van der Waals surface area contributed by atoms with E-state index in [1.807, 2.05) is 18.2 Å². The molecular formula is C23H25N5O5S. The number of aromatic amines is 1. The number of rotatable bonds is 11. The molecule has 4 rings (SSSR count). The number of aromatic nitrogens is 3. The first-order valence-electron chi connectivity index (χ1n) is 10.5. The molecule has 2 aromatic heterocycles. The normalized spacial score (nSPS) is 12.4. The van der Waals surface area contributed by atoms with E-state index < -0.39 is 16.1 Å².